The highest BCUT2D eigenvalue weighted by atomic mass is 16.3. The van der Waals surface area contributed by atoms with Gasteiger partial charge in [-0.2, -0.15) is 0 Å². The first-order valence-electron chi connectivity index (χ1n) is 30.7. The standard InChI is InChI=1S/C58H112N16O11/c1-14-36(11)47(56(84)69-40(22-17-19-25-60)52(80)74-48(38(13)75)57(85)72-45(30-35(9)10)55(83)70-42(49(61)77)27-32(3)4)73-51(79)41(23-20-26-64-58(62)63)67-50(78)39(21-16-18-24-59)68-54(82)44(29-34(7)8)71-53(81)43(28-33(5)6)66-46(76)31-65-37(12)15-2/h32-45,47-48,65,75H,14-31,59-60H2,1-13H3,(H2,61,77)(H,66,76)(H,67,78)(H,68,82)(H,69,84)(H,70,83)(H,71,81)(H,72,85)(H,73,79)(H,74,80)(H4,62,63,64)/t36-,37?,38+,39-,40-,41-,42-,43-,44-,45-,47-,48-/m0/s1. The molecule has 0 spiro atoms. The van der Waals surface area contributed by atoms with E-state index in [1.165, 1.54) is 6.92 Å². The van der Waals surface area contributed by atoms with E-state index in [0.717, 1.165) is 6.42 Å². The highest BCUT2D eigenvalue weighted by molar-refractivity contribution is 5.98. The average molecular weight is 1210 g/mol. The van der Waals surface area contributed by atoms with Crippen LogP contribution in [0.1, 0.15) is 180 Å². The van der Waals surface area contributed by atoms with Gasteiger partial charge in [-0.25, -0.2) is 0 Å². The van der Waals surface area contributed by atoms with Gasteiger partial charge in [0.25, 0.3) is 0 Å². The molecule has 0 aromatic heterocycles. The number of carbonyl (C=O) groups is 10. The van der Waals surface area contributed by atoms with Crippen molar-refractivity contribution in [2.75, 3.05) is 26.2 Å². The number of aliphatic hydroxyl groups is 1. The van der Waals surface area contributed by atoms with E-state index >= 15 is 0 Å². The summed E-state index contributed by atoms with van der Waals surface area (Å²) in [6, 6.07) is -11.1. The van der Waals surface area contributed by atoms with Crippen molar-refractivity contribution in [2.24, 2.45) is 63.3 Å². The molecule has 85 heavy (non-hydrogen) atoms. The first-order valence-corrected chi connectivity index (χ1v) is 30.7. The van der Waals surface area contributed by atoms with Crippen LogP contribution >= 0.6 is 0 Å². The van der Waals surface area contributed by atoms with Crippen LogP contribution in [0.2, 0.25) is 0 Å². The number of aliphatic hydroxyl groups excluding tert-OH is 1. The first kappa shape index (κ1) is 78.8. The summed E-state index contributed by atoms with van der Waals surface area (Å²) < 4.78 is 0. The number of rotatable bonds is 45. The number of carbonyl (C=O) groups excluding carboxylic acids is 10. The van der Waals surface area contributed by atoms with Gasteiger partial charge in [0.2, 0.25) is 59.1 Å². The lowest BCUT2D eigenvalue weighted by Gasteiger charge is -2.30. The predicted octanol–water partition coefficient (Wildman–Crippen LogP) is -0.854. The fourth-order valence-electron chi connectivity index (χ4n) is 9.01. The molecule has 1 unspecified atom stereocenters. The zero-order valence-electron chi connectivity index (χ0n) is 53.3. The number of hydrogen-bond acceptors (Lipinski definition) is 15. The summed E-state index contributed by atoms with van der Waals surface area (Å²) in [5.41, 5.74) is 28.4. The third kappa shape index (κ3) is 33.3. The predicted molar refractivity (Wildman–Crippen MR) is 329 cm³/mol. The lowest BCUT2D eigenvalue weighted by atomic mass is 9.96. The Morgan fingerprint density at radius 2 is 0.753 bits per heavy atom. The van der Waals surface area contributed by atoms with E-state index in [1.54, 1.807) is 13.8 Å². The lowest BCUT2D eigenvalue weighted by molar-refractivity contribution is -0.137. The molecule has 0 aliphatic carbocycles. The molecule has 27 nitrogen and oxygen atoms in total. The molecule has 0 saturated heterocycles. The van der Waals surface area contributed by atoms with Crippen LogP contribution in [0.25, 0.3) is 0 Å². The number of aliphatic imine (C=N–C) groups is 1. The number of hydrogen-bond donors (Lipinski definition) is 16. The zero-order chi connectivity index (χ0) is 65.1. The topological polar surface area (TPSA) is 454 Å². The maximum Gasteiger partial charge on any atom is 0.245 e. The maximum absolute atomic E-state index is 14.6. The molecule has 0 rings (SSSR count). The summed E-state index contributed by atoms with van der Waals surface area (Å²) in [4.78, 5) is 143. The third-order valence-electron chi connectivity index (χ3n) is 14.2. The van der Waals surface area contributed by atoms with Crippen LogP contribution in [0.3, 0.4) is 0 Å². The molecule has 0 aromatic carbocycles. The van der Waals surface area contributed by atoms with Gasteiger partial charge < -0.3 is 86.9 Å². The quantitative estimate of drug-likeness (QED) is 0.0201. The van der Waals surface area contributed by atoms with Crippen LogP contribution in [-0.4, -0.2) is 163 Å². The molecule has 0 fully saturated rings. The normalized spacial score (nSPS) is 15.7. The van der Waals surface area contributed by atoms with Gasteiger partial charge in [-0.05, 0) is 140 Å². The van der Waals surface area contributed by atoms with Crippen LogP contribution in [0.5, 0.6) is 0 Å². The van der Waals surface area contributed by atoms with Gasteiger partial charge in [-0.15, -0.1) is 0 Å². The van der Waals surface area contributed by atoms with Crippen molar-refractivity contribution < 1.29 is 53.1 Å². The molecule has 0 aromatic rings. The van der Waals surface area contributed by atoms with Crippen LogP contribution in [0.15, 0.2) is 4.99 Å². The van der Waals surface area contributed by atoms with Crippen molar-refractivity contribution in [1.82, 2.24) is 53.2 Å². The fourth-order valence-corrected chi connectivity index (χ4v) is 9.01. The Balaban J connectivity index is 7.05. The Labute approximate surface area is 505 Å². The highest BCUT2D eigenvalue weighted by Crippen LogP contribution is 2.15. The van der Waals surface area contributed by atoms with Crippen LogP contribution in [0.4, 0.5) is 0 Å². The summed E-state index contributed by atoms with van der Waals surface area (Å²) >= 11 is 0. The number of unbranched alkanes of at least 4 members (excludes halogenated alkanes) is 2. The van der Waals surface area contributed by atoms with Gasteiger partial charge in [0, 0.05) is 12.6 Å². The highest BCUT2D eigenvalue weighted by Gasteiger charge is 2.37. The number of nitrogens with zero attached hydrogens (tertiary/aromatic N) is 1. The third-order valence-corrected chi connectivity index (χ3v) is 14.2. The van der Waals surface area contributed by atoms with Crippen molar-refractivity contribution in [3.05, 3.63) is 0 Å². The van der Waals surface area contributed by atoms with Gasteiger partial charge in [-0.3, -0.25) is 52.9 Å². The molecule has 0 radical (unpaired) electrons. The summed E-state index contributed by atoms with van der Waals surface area (Å²) in [5, 5.41) is 38.5. The summed E-state index contributed by atoms with van der Waals surface area (Å²) in [6.45, 7) is 24.1. The minimum absolute atomic E-state index is 0.00345. The molecule has 21 N–H and O–H groups in total. The number of primary amides is 1. The van der Waals surface area contributed by atoms with Crippen LogP contribution < -0.4 is 81.8 Å². The van der Waals surface area contributed by atoms with E-state index in [4.69, 9.17) is 28.7 Å². The molecular weight excluding hydrogens is 1100 g/mol. The maximum atomic E-state index is 14.6. The number of nitrogens with one attached hydrogen (secondary N) is 10. The first-order chi connectivity index (χ1) is 39.8. The number of amides is 10. The minimum atomic E-state index is -1.63. The molecule has 0 aliphatic rings. The second-order valence-corrected chi connectivity index (χ2v) is 24.2. The van der Waals surface area contributed by atoms with Gasteiger partial charge >= 0.3 is 0 Å². The van der Waals surface area contributed by atoms with E-state index in [-0.39, 0.29) is 119 Å². The Bertz CT molecular complexity index is 2110. The van der Waals surface area contributed by atoms with E-state index in [9.17, 15) is 53.1 Å². The molecule has 0 bridgehead atoms. The summed E-state index contributed by atoms with van der Waals surface area (Å²) in [5.74, 6) is -8.24. The summed E-state index contributed by atoms with van der Waals surface area (Å²) in [7, 11) is 0. The lowest BCUT2D eigenvalue weighted by Crippen LogP contribution is -2.62. The van der Waals surface area contributed by atoms with E-state index < -0.39 is 120 Å². The van der Waals surface area contributed by atoms with Crippen molar-refractivity contribution in [1.29, 1.82) is 0 Å². The van der Waals surface area contributed by atoms with E-state index in [0.29, 0.717) is 32.1 Å². The second kappa shape index (κ2) is 42.6. The van der Waals surface area contributed by atoms with Gasteiger partial charge in [0.05, 0.1) is 12.6 Å². The van der Waals surface area contributed by atoms with Gasteiger partial charge in [0.1, 0.15) is 54.4 Å². The molecule has 10 amide bonds. The molecule has 12 atom stereocenters. The van der Waals surface area contributed by atoms with Gasteiger partial charge in [-0.1, -0.05) is 82.6 Å². The smallest absolute Gasteiger partial charge is 0.245 e. The summed E-state index contributed by atoms with van der Waals surface area (Å²) in [6.07, 6.45) is 2.32. The van der Waals surface area contributed by atoms with Gasteiger partial charge in [0.15, 0.2) is 5.96 Å². The molecule has 0 heterocycles. The second-order valence-electron chi connectivity index (χ2n) is 24.2. The average Bonchev–Trinajstić information content (AvgIpc) is 3.61. The van der Waals surface area contributed by atoms with Crippen molar-refractivity contribution in [3.63, 3.8) is 0 Å². The number of nitrogens with two attached hydrogens (primary N) is 5. The molecule has 27 heteroatoms. The Kier molecular flexibility index (Phi) is 39.5. The van der Waals surface area contributed by atoms with Crippen molar-refractivity contribution >= 4 is 65.0 Å². The van der Waals surface area contributed by atoms with E-state index in [2.05, 4.69) is 58.2 Å². The molecular formula is C58H112N16O11. The zero-order valence-corrected chi connectivity index (χ0v) is 53.3. The van der Waals surface area contributed by atoms with E-state index in [1.807, 2.05) is 69.2 Å². The molecule has 0 saturated carbocycles. The van der Waals surface area contributed by atoms with Crippen molar-refractivity contribution in [2.45, 2.75) is 246 Å². The monoisotopic (exact) mass is 1210 g/mol. The number of guanidine groups is 1. The SMILES string of the molecule is CCC(C)NCC(=O)N[C@@H](CC(C)C)C(=O)N[C@@H](CC(C)C)C(=O)N[C@@H](CCCCN)C(=O)N[C@@H](CCCN=C(N)N)C(=O)N[C@H](C(=O)N[C@@H](CCCCN)C(=O)N[C@H](C(=O)N[C@@H](CC(C)C)C(=O)N[C@@H](CC(C)C)C(N)=O)[C@@H](C)O)[C@@H](C)CC. The van der Waals surface area contributed by atoms with Crippen LogP contribution in [-0.2, 0) is 47.9 Å². The Hall–Kier alpha value is -6.19. The Morgan fingerprint density at radius 3 is 1.14 bits per heavy atom. The molecule has 490 valence electrons. The van der Waals surface area contributed by atoms with Crippen molar-refractivity contribution in [3.8, 4) is 0 Å². The minimum Gasteiger partial charge on any atom is -0.391 e. The largest absolute Gasteiger partial charge is 0.391 e. The fraction of sp³-hybridized carbons (Fsp3) is 0.810. The van der Waals surface area contributed by atoms with Crippen LogP contribution in [0, 0.1) is 29.6 Å². The molecule has 0 aliphatic heterocycles. The Morgan fingerprint density at radius 1 is 0.412 bits per heavy atom.